The third-order valence-electron chi connectivity index (χ3n) is 15.3. The molecule has 0 atom stereocenters. The van der Waals surface area contributed by atoms with Crippen molar-refractivity contribution < 1.29 is 8.83 Å². The van der Waals surface area contributed by atoms with Crippen molar-refractivity contribution in [3.63, 3.8) is 0 Å². The number of benzene rings is 11. The van der Waals surface area contributed by atoms with Crippen LogP contribution in [-0.2, 0) is 5.41 Å². The Morgan fingerprint density at radius 1 is 0.267 bits per heavy atom. The molecule has 1 aliphatic rings. The molecular formula is C70H43N3O2. The number of rotatable bonds is 8. The zero-order valence-corrected chi connectivity index (χ0v) is 40.5. The molecule has 0 fully saturated rings. The molecule has 5 heteroatoms. The van der Waals surface area contributed by atoms with Gasteiger partial charge < -0.3 is 8.83 Å². The number of fused-ring (bicyclic) bond motifs is 9. The molecule has 0 bridgehead atoms. The number of hydrogen-bond acceptors (Lipinski definition) is 5. The maximum absolute atomic E-state index is 6.61. The van der Waals surface area contributed by atoms with Crippen LogP contribution in [0.2, 0.25) is 0 Å². The summed E-state index contributed by atoms with van der Waals surface area (Å²) in [6, 6.07) is 92.5. The van der Waals surface area contributed by atoms with E-state index in [1.54, 1.807) is 0 Å². The number of furan rings is 2. The van der Waals surface area contributed by atoms with Crippen molar-refractivity contribution in [1.82, 2.24) is 15.0 Å². The van der Waals surface area contributed by atoms with E-state index < -0.39 is 5.41 Å². The Kier molecular flexibility index (Phi) is 9.72. The summed E-state index contributed by atoms with van der Waals surface area (Å²) in [6.45, 7) is 0. The molecule has 14 aromatic rings. The normalized spacial score (nSPS) is 12.6. The highest BCUT2D eigenvalue weighted by Gasteiger charge is 2.46. The predicted molar refractivity (Wildman–Crippen MR) is 304 cm³/mol. The fourth-order valence-electron chi connectivity index (χ4n) is 11.8. The molecule has 11 aromatic carbocycles. The lowest BCUT2D eigenvalue weighted by Crippen LogP contribution is -2.28. The minimum atomic E-state index is -0.464. The molecule has 3 heterocycles. The second-order valence-corrected chi connectivity index (χ2v) is 19.4. The van der Waals surface area contributed by atoms with Gasteiger partial charge in [-0.3, -0.25) is 0 Å². The van der Waals surface area contributed by atoms with Gasteiger partial charge in [-0.25, -0.2) is 15.0 Å². The van der Waals surface area contributed by atoms with Crippen molar-refractivity contribution in [2.75, 3.05) is 0 Å². The molecule has 5 nitrogen and oxygen atoms in total. The van der Waals surface area contributed by atoms with Crippen LogP contribution >= 0.6 is 0 Å². The Labute approximate surface area is 432 Å². The van der Waals surface area contributed by atoms with E-state index in [-0.39, 0.29) is 0 Å². The second-order valence-electron chi connectivity index (χ2n) is 19.4. The molecule has 0 unspecified atom stereocenters. The first-order chi connectivity index (χ1) is 37.2. The van der Waals surface area contributed by atoms with Crippen molar-refractivity contribution in [1.29, 1.82) is 0 Å². The average molecular weight is 958 g/mol. The second kappa shape index (κ2) is 17.1. The standard InChI is InChI=1S/C70H43N3O2/c1-4-16-44(17-5-1)45-32-36-48(37-33-45)67-71-68(50-38-40-55-54-22-11-13-28-61(54)75-64(55)43-50)73-69(72-67)57-25-15-29-63-66(57)58-42-49(39-41-62(58)74-63)46-30-34-47(35-31-46)53-24-14-27-60-65(53)56-23-10-12-26-59(56)70(60,51-18-6-2-7-19-51)52-20-8-3-9-21-52/h1-43H. The van der Waals surface area contributed by atoms with E-state index in [1.807, 2.05) is 42.5 Å². The summed E-state index contributed by atoms with van der Waals surface area (Å²) in [5.41, 5.74) is 19.7. The topological polar surface area (TPSA) is 65.0 Å². The van der Waals surface area contributed by atoms with Crippen LogP contribution in [0.15, 0.2) is 270 Å². The lowest BCUT2D eigenvalue weighted by atomic mass is 9.67. The molecule has 0 saturated carbocycles. The van der Waals surface area contributed by atoms with E-state index in [1.165, 1.54) is 38.9 Å². The summed E-state index contributed by atoms with van der Waals surface area (Å²) in [5.74, 6) is 1.67. The highest BCUT2D eigenvalue weighted by molar-refractivity contribution is 6.13. The lowest BCUT2D eigenvalue weighted by Gasteiger charge is -2.34. The van der Waals surface area contributed by atoms with Gasteiger partial charge >= 0.3 is 0 Å². The Bertz CT molecular complexity index is 4460. The molecule has 15 rings (SSSR count). The average Bonchev–Trinajstić information content (AvgIpc) is 4.26. The first-order valence-corrected chi connectivity index (χ1v) is 25.4. The molecule has 3 aromatic heterocycles. The van der Waals surface area contributed by atoms with E-state index >= 15 is 0 Å². The fourth-order valence-corrected chi connectivity index (χ4v) is 11.8. The summed E-state index contributed by atoms with van der Waals surface area (Å²) in [5, 5.41) is 4.05. The van der Waals surface area contributed by atoms with Gasteiger partial charge in [0.1, 0.15) is 22.3 Å². The van der Waals surface area contributed by atoms with E-state index in [9.17, 15) is 0 Å². The summed E-state index contributed by atoms with van der Waals surface area (Å²) in [4.78, 5) is 15.7. The molecule has 75 heavy (non-hydrogen) atoms. The Morgan fingerprint density at radius 2 is 0.760 bits per heavy atom. The summed E-state index contributed by atoms with van der Waals surface area (Å²) >= 11 is 0. The number of para-hydroxylation sites is 1. The maximum Gasteiger partial charge on any atom is 0.164 e. The predicted octanol–water partition coefficient (Wildman–Crippen LogP) is 18.0. The summed E-state index contributed by atoms with van der Waals surface area (Å²) in [7, 11) is 0. The van der Waals surface area contributed by atoms with Gasteiger partial charge in [0.15, 0.2) is 17.5 Å². The first kappa shape index (κ1) is 42.7. The van der Waals surface area contributed by atoms with Crippen molar-refractivity contribution in [2.24, 2.45) is 0 Å². The Hall–Kier alpha value is -9.97. The van der Waals surface area contributed by atoms with E-state index in [2.05, 4.69) is 218 Å². The Morgan fingerprint density at radius 3 is 1.53 bits per heavy atom. The highest BCUT2D eigenvalue weighted by atomic mass is 16.3. The van der Waals surface area contributed by atoms with Gasteiger partial charge in [0.25, 0.3) is 0 Å². The van der Waals surface area contributed by atoms with Crippen LogP contribution in [0.5, 0.6) is 0 Å². The molecule has 0 aliphatic heterocycles. The van der Waals surface area contributed by atoms with Gasteiger partial charge in [0.05, 0.1) is 5.41 Å². The zero-order chi connectivity index (χ0) is 49.5. The van der Waals surface area contributed by atoms with Gasteiger partial charge in [-0.1, -0.05) is 224 Å². The van der Waals surface area contributed by atoms with Crippen LogP contribution in [0.3, 0.4) is 0 Å². The van der Waals surface area contributed by atoms with Crippen LogP contribution in [0.25, 0.3) is 123 Å². The molecule has 0 saturated heterocycles. The molecule has 1 aliphatic carbocycles. The minimum Gasteiger partial charge on any atom is -0.456 e. The SMILES string of the molecule is c1ccc(-c2ccc(-c3nc(-c4ccc5c(c4)oc4ccccc45)nc(-c4cccc5oc6ccc(-c7ccc(-c8cccc9c8-c8ccccc8C9(c8ccccc8)c8ccccc8)cc7)cc6c45)n3)cc2)cc1. The smallest absolute Gasteiger partial charge is 0.164 e. The van der Waals surface area contributed by atoms with Crippen LogP contribution in [0.4, 0.5) is 0 Å². The third-order valence-corrected chi connectivity index (χ3v) is 15.3. The first-order valence-electron chi connectivity index (χ1n) is 25.4. The van der Waals surface area contributed by atoms with Gasteiger partial charge in [0, 0.05) is 38.2 Å². The third kappa shape index (κ3) is 6.82. The molecular weight excluding hydrogens is 915 g/mol. The van der Waals surface area contributed by atoms with Crippen LogP contribution in [0.1, 0.15) is 22.3 Å². The van der Waals surface area contributed by atoms with Crippen LogP contribution in [-0.4, -0.2) is 15.0 Å². The summed E-state index contributed by atoms with van der Waals surface area (Å²) in [6.07, 6.45) is 0. The molecule has 0 amide bonds. The van der Waals surface area contributed by atoms with Crippen molar-refractivity contribution in [3.8, 4) is 78.7 Å². The highest BCUT2D eigenvalue weighted by Crippen LogP contribution is 2.58. The molecule has 0 radical (unpaired) electrons. The quantitative estimate of drug-likeness (QED) is 0.152. The van der Waals surface area contributed by atoms with Gasteiger partial charge in [-0.05, 0) is 103 Å². The number of aromatic nitrogens is 3. The van der Waals surface area contributed by atoms with Crippen molar-refractivity contribution >= 4 is 43.9 Å². The number of nitrogens with zero attached hydrogens (tertiary/aromatic N) is 3. The number of hydrogen-bond donors (Lipinski definition) is 0. The lowest BCUT2D eigenvalue weighted by molar-refractivity contribution is 0.668. The monoisotopic (exact) mass is 957 g/mol. The fraction of sp³-hybridized carbons (Fsp3) is 0.0143. The van der Waals surface area contributed by atoms with Gasteiger partial charge in [0.2, 0.25) is 0 Å². The van der Waals surface area contributed by atoms with Gasteiger partial charge in [-0.2, -0.15) is 0 Å². The summed E-state index contributed by atoms with van der Waals surface area (Å²) < 4.78 is 13.0. The van der Waals surface area contributed by atoms with Crippen LogP contribution in [0, 0.1) is 0 Å². The van der Waals surface area contributed by atoms with E-state index in [0.29, 0.717) is 17.5 Å². The van der Waals surface area contributed by atoms with E-state index in [4.69, 9.17) is 23.8 Å². The van der Waals surface area contributed by atoms with Crippen molar-refractivity contribution in [3.05, 3.63) is 283 Å². The van der Waals surface area contributed by atoms with Crippen molar-refractivity contribution in [2.45, 2.75) is 5.41 Å². The maximum atomic E-state index is 6.61. The van der Waals surface area contributed by atoms with E-state index in [0.717, 1.165) is 88.4 Å². The minimum absolute atomic E-state index is 0.464. The largest absolute Gasteiger partial charge is 0.456 e. The molecule has 350 valence electrons. The Balaban J connectivity index is 0.842. The molecule has 0 spiro atoms. The van der Waals surface area contributed by atoms with Gasteiger partial charge in [-0.15, -0.1) is 0 Å². The zero-order valence-electron chi connectivity index (χ0n) is 40.5. The molecule has 0 N–H and O–H groups in total. The van der Waals surface area contributed by atoms with Crippen LogP contribution < -0.4 is 0 Å².